The Bertz CT molecular complexity index is 274. The summed E-state index contributed by atoms with van der Waals surface area (Å²) in [5, 5.41) is 15.0. The number of hydrogen-bond acceptors (Lipinski definition) is 4. The Morgan fingerprint density at radius 2 is 2.57 bits per heavy atom. The Hall–Kier alpha value is -1.07. The lowest BCUT2D eigenvalue weighted by atomic mass is 10.2. The third-order valence-corrected chi connectivity index (χ3v) is 2.40. The highest BCUT2D eigenvalue weighted by Gasteiger charge is 2.09. The second-order valence-corrected chi connectivity index (χ2v) is 3.56. The van der Waals surface area contributed by atoms with Gasteiger partial charge in [0.05, 0.1) is 12.6 Å². The molecule has 1 atom stereocenters. The topological polar surface area (TPSA) is 58.6 Å². The molecular formula is C9H13NO3S. The number of rotatable bonds is 4. The number of amides is 1. The van der Waals surface area contributed by atoms with Crippen LogP contribution in [0.3, 0.4) is 0 Å². The van der Waals surface area contributed by atoms with Gasteiger partial charge in [0.1, 0.15) is 6.61 Å². The molecule has 0 bridgehead atoms. The molecule has 5 heteroatoms. The van der Waals surface area contributed by atoms with Crippen molar-refractivity contribution < 1.29 is 14.6 Å². The largest absolute Gasteiger partial charge is 0.447 e. The van der Waals surface area contributed by atoms with Crippen molar-refractivity contribution >= 4 is 17.4 Å². The quantitative estimate of drug-likeness (QED) is 0.800. The molecule has 0 aliphatic rings. The Morgan fingerprint density at radius 3 is 3.14 bits per heavy atom. The van der Waals surface area contributed by atoms with Gasteiger partial charge in [0.2, 0.25) is 0 Å². The molecule has 1 aromatic rings. The SMILES string of the molecule is CC(NC(=O)OCCO)c1ccsc1. The first-order valence-electron chi connectivity index (χ1n) is 4.30. The predicted octanol–water partition coefficient (Wildman–Crippen LogP) is 1.53. The molecule has 4 nitrogen and oxygen atoms in total. The van der Waals surface area contributed by atoms with Gasteiger partial charge in [0, 0.05) is 0 Å². The Balaban J connectivity index is 2.33. The zero-order valence-electron chi connectivity index (χ0n) is 7.90. The van der Waals surface area contributed by atoms with E-state index in [1.165, 1.54) is 0 Å². The van der Waals surface area contributed by atoms with Crippen LogP contribution >= 0.6 is 11.3 Å². The summed E-state index contributed by atoms with van der Waals surface area (Å²) in [6, 6.07) is 1.88. The minimum atomic E-state index is -0.502. The van der Waals surface area contributed by atoms with E-state index in [0.29, 0.717) is 0 Å². The first-order chi connectivity index (χ1) is 6.74. The molecule has 0 spiro atoms. The summed E-state index contributed by atoms with van der Waals surface area (Å²) in [5.41, 5.74) is 1.05. The molecule has 0 radical (unpaired) electrons. The van der Waals surface area contributed by atoms with Gasteiger partial charge >= 0.3 is 6.09 Å². The molecule has 0 aliphatic carbocycles. The molecule has 0 fully saturated rings. The molecule has 0 saturated carbocycles. The van der Waals surface area contributed by atoms with Gasteiger partial charge in [-0.3, -0.25) is 0 Å². The molecule has 2 N–H and O–H groups in total. The molecule has 1 unspecified atom stereocenters. The van der Waals surface area contributed by atoms with E-state index >= 15 is 0 Å². The van der Waals surface area contributed by atoms with E-state index < -0.39 is 6.09 Å². The van der Waals surface area contributed by atoms with Gasteiger partial charge in [0.15, 0.2) is 0 Å². The van der Waals surface area contributed by atoms with Crippen LogP contribution in [-0.4, -0.2) is 24.4 Å². The van der Waals surface area contributed by atoms with Crippen LogP contribution in [0.4, 0.5) is 4.79 Å². The van der Waals surface area contributed by atoms with E-state index in [-0.39, 0.29) is 19.3 Å². The lowest BCUT2D eigenvalue weighted by Gasteiger charge is -2.11. The zero-order valence-corrected chi connectivity index (χ0v) is 8.71. The van der Waals surface area contributed by atoms with Gasteiger partial charge < -0.3 is 15.2 Å². The molecule has 1 heterocycles. The van der Waals surface area contributed by atoms with Crippen molar-refractivity contribution in [3.63, 3.8) is 0 Å². The average Bonchev–Trinajstić information content (AvgIpc) is 2.67. The summed E-state index contributed by atoms with van der Waals surface area (Å²) < 4.78 is 4.66. The van der Waals surface area contributed by atoms with E-state index in [2.05, 4.69) is 10.1 Å². The Kier molecular flexibility index (Phi) is 4.42. The average molecular weight is 215 g/mol. The van der Waals surface area contributed by atoms with Crippen molar-refractivity contribution in [1.82, 2.24) is 5.32 Å². The van der Waals surface area contributed by atoms with Crippen molar-refractivity contribution in [2.45, 2.75) is 13.0 Å². The van der Waals surface area contributed by atoms with Crippen LogP contribution in [0.5, 0.6) is 0 Å². The smallest absolute Gasteiger partial charge is 0.407 e. The summed E-state index contributed by atoms with van der Waals surface area (Å²) in [7, 11) is 0. The maximum Gasteiger partial charge on any atom is 0.407 e. The van der Waals surface area contributed by atoms with E-state index in [9.17, 15) is 4.79 Å². The Morgan fingerprint density at radius 1 is 1.79 bits per heavy atom. The first kappa shape index (κ1) is 11.0. The van der Waals surface area contributed by atoms with Gasteiger partial charge in [-0.1, -0.05) is 0 Å². The number of alkyl carbamates (subject to hydrolysis) is 1. The summed E-state index contributed by atoms with van der Waals surface area (Å²) in [4.78, 5) is 11.1. The number of aliphatic hydroxyl groups excluding tert-OH is 1. The van der Waals surface area contributed by atoms with Gasteiger partial charge in [0.25, 0.3) is 0 Å². The molecule has 0 aliphatic heterocycles. The fraction of sp³-hybridized carbons (Fsp3) is 0.444. The number of ether oxygens (including phenoxy) is 1. The van der Waals surface area contributed by atoms with Crippen molar-refractivity contribution in [2.75, 3.05) is 13.2 Å². The molecule has 0 saturated heterocycles. The summed E-state index contributed by atoms with van der Waals surface area (Å²) in [5.74, 6) is 0. The lowest BCUT2D eigenvalue weighted by Crippen LogP contribution is -2.27. The first-order valence-corrected chi connectivity index (χ1v) is 5.24. The second kappa shape index (κ2) is 5.62. The van der Waals surface area contributed by atoms with Crippen LogP contribution in [0, 0.1) is 0 Å². The van der Waals surface area contributed by atoms with Gasteiger partial charge in [-0.25, -0.2) is 4.79 Å². The van der Waals surface area contributed by atoms with Gasteiger partial charge in [-0.05, 0) is 29.3 Å². The van der Waals surface area contributed by atoms with Crippen LogP contribution in [-0.2, 0) is 4.74 Å². The highest BCUT2D eigenvalue weighted by molar-refractivity contribution is 7.07. The van der Waals surface area contributed by atoms with Crippen LogP contribution in [0.25, 0.3) is 0 Å². The van der Waals surface area contributed by atoms with E-state index in [4.69, 9.17) is 5.11 Å². The van der Waals surface area contributed by atoms with Gasteiger partial charge in [-0.2, -0.15) is 11.3 Å². The van der Waals surface area contributed by atoms with Crippen LogP contribution in [0.15, 0.2) is 16.8 Å². The van der Waals surface area contributed by atoms with Crippen molar-refractivity contribution in [3.05, 3.63) is 22.4 Å². The van der Waals surface area contributed by atoms with E-state index in [1.54, 1.807) is 11.3 Å². The summed E-state index contributed by atoms with van der Waals surface area (Å²) >= 11 is 1.58. The maximum absolute atomic E-state index is 11.1. The summed E-state index contributed by atoms with van der Waals surface area (Å²) in [6.45, 7) is 1.75. The molecule has 14 heavy (non-hydrogen) atoms. The molecule has 78 valence electrons. The minimum absolute atomic E-state index is 0.0300. The van der Waals surface area contributed by atoms with Crippen molar-refractivity contribution in [2.24, 2.45) is 0 Å². The fourth-order valence-corrected chi connectivity index (χ4v) is 1.72. The number of carbonyl (C=O) groups excluding carboxylic acids is 1. The van der Waals surface area contributed by atoms with Crippen LogP contribution in [0.1, 0.15) is 18.5 Å². The van der Waals surface area contributed by atoms with Crippen LogP contribution < -0.4 is 5.32 Å². The highest BCUT2D eigenvalue weighted by atomic mass is 32.1. The molecule has 1 amide bonds. The maximum atomic E-state index is 11.1. The number of carbonyl (C=O) groups is 1. The third kappa shape index (κ3) is 3.35. The molecular weight excluding hydrogens is 202 g/mol. The highest BCUT2D eigenvalue weighted by Crippen LogP contribution is 2.15. The Labute approximate surface area is 86.5 Å². The normalized spacial score (nSPS) is 12.1. The molecule has 1 rings (SSSR count). The summed E-state index contributed by atoms with van der Waals surface area (Å²) in [6.07, 6.45) is -0.502. The minimum Gasteiger partial charge on any atom is -0.447 e. The number of thiophene rings is 1. The molecule has 0 aromatic carbocycles. The molecule has 1 aromatic heterocycles. The predicted molar refractivity (Wildman–Crippen MR) is 54.3 cm³/mol. The standard InChI is InChI=1S/C9H13NO3S/c1-7(8-2-5-14-6-8)10-9(12)13-4-3-11/h2,5-7,11H,3-4H2,1H3,(H,10,12). The van der Waals surface area contributed by atoms with E-state index in [1.807, 2.05) is 23.8 Å². The fourth-order valence-electron chi connectivity index (χ4n) is 0.962. The lowest BCUT2D eigenvalue weighted by molar-refractivity contribution is 0.116. The number of nitrogens with one attached hydrogen (secondary N) is 1. The zero-order chi connectivity index (χ0) is 10.4. The second-order valence-electron chi connectivity index (χ2n) is 2.78. The van der Waals surface area contributed by atoms with Crippen molar-refractivity contribution in [1.29, 1.82) is 0 Å². The van der Waals surface area contributed by atoms with Crippen LogP contribution in [0.2, 0.25) is 0 Å². The van der Waals surface area contributed by atoms with E-state index in [0.717, 1.165) is 5.56 Å². The monoisotopic (exact) mass is 215 g/mol. The van der Waals surface area contributed by atoms with Crippen molar-refractivity contribution in [3.8, 4) is 0 Å². The number of hydrogen-bond donors (Lipinski definition) is 2. The number of aliphatic hydroxyl groups is 1. The van der Waals surface area contributed by atoms with Gasteiger partial charge in [-0.15, -0.1) is 0 Å². The third-order valence-electron chi connectivity index (χ3n) is 1.70.